The molecule has 1 fully saturated rings. The zero-order valence-corrected chi connectivity index (χ0v) is 19.3. The number of nitrogens with zero attached hydrogens (tertiary/aromatic N) is 1. The van der Waals surface area contributed by atoms with E-state index >= 15 is 0 Å². The van der Waals surface area contributed by atoms with E-state index in [0.29, 0.717) is 12.3 Å². The summed E-state index contributed by atoms with van der Waals surface area (Å²) < 4.78 is 5.20. The Kier molecular flexibility index (Phi) is 5.11. The van der Waals surface area contributed by atoms with E-state index in [1.54, 1.807) is 11.8 Å². The van der Waals surface area contributed by atoms with Gasteiger partial charge >= 0.3 is 5.97 Å². The van der Waals surface area contributed by atoms with Crippen LogP contribution in [0, 0.1) is 0 Å². The van der Waals surface area contributed by atoms with Crippen LogP contribution in [0.1, 0.15) is 28.7 Å². The number of thioether (sulfide) groups is 1. The molecule has 0 bridgehead atoms. The third-order valence-electron chi connectivity index (χ3n) is 6.59. The van der Waals surface area contributed by atoms with E-state index in [-0.39, 0.29) is 11.2 Å². The fraction of sp³-hybridized carbons (Fsp3) is 0.133. The molecule has 0 aromatic heterocycles. The van der Waals surface area contributed by atoms with Crippen LogP contribution in [-0.2, 0) is 14.3 Å². The summed E-state index contributed by atoms with van der Waals surface area (Å²) in [4.78, 5) is 18.0. The van der Waals surface area contributed by atoms with Crippen molar-refractivity contribution < 1.29 is 9.53 Å². The number of cyclic esters (lactones) is 1. The fourth-order valence-electron chi connectivity index (χ4n) is 4.76. The van der Waals surface area contributed by atoms with Crippen LogP contribution in [0.25, 0.3) is 0 Å². The van der Waals surface area contributed by atoms with Crippen molar-refractivity contribution in [3.05, 3.63) is 144 Å². The zero-order valence-electron chi connectivity index (χ0n) is 18.5. The highest BCUT2D eigenvalue weighted by atomic mass is 32.2. The average molecular weight is 462 g/mol. The number of ether oxygens (including phenoxy) is 1. The Labute approximate surface area is 203 Å². The highest BCUT2D eigenvalue weighted by Gasteiger charge is 2.67. The second kappa shape index (κ2) is 8.30. The number of hydrogen-bond donors (Lipinski definition) is 0. The maximum absolute atomic E-state index is 13.1. The molecule has 0 radical (unpaired) electrons. The van der Waals surface area contributed by atoms with Crippen LogP contribution >= 0.6 is 11.8 Å². The van der Waals surface area contributed by atoms with E-state index in [0.717, 1.165) is 5.56 Å². The van der Waals surface area contributed by atoms with E-state index in [9.17, 15) is 4.79 Å². The van der Waals surface area contributed by atoms with Gasteiger partial charge in [-0.3, -0.25) is 0 Å². The molecule has 1 aliphatic carbocycles. The summed E-state index contributed by atoms with van der Waals surface area (Å²) in [6, 6.07) is 41.3. The van der Waals surface area contributed by atoms with Gasteiger partial charge in [0.25, 0.3) is 0 Å². The molecule has 0 amide bonds. The number of esters is 1. The van der Waals surface area contributed by atoms with Crippen LogP contribution < -0.4 is 0 Å². The molecular formula is C30H23NO2S. The van der Waals surface area contributed by atoms with Gasteiger partial charge in [0.2, 0.25) is 5.90 Å². The molecule has 6 rings (SSSR count). The third kappa shape index (κ3) is 3.37. The van der Waals surface area contributed by atoms with Crippen molar-refractivity contribution in [2.75, 3.05) is 0 Å². The van der Waals surface area contributed by atoms with Crippen molar-refractivity contribution in [2.45, 2.75) is 22.0 Å². The summed E-state index contributed by atoms with van der Waals surface area (Å²) in [7, 11) is 0. The first-order valence-corrected chi connectivity index (χ1v) is 12.3. The SMILES string of the molecule is O=C1OC(c2ccccc2)=N[C@@]12C[C@@H]2SC(c1ccccc1)(c1ccccc1)c1ccccc1. The molecule has 0 unspecified atom stereocenters. The van der Waals surface area contributed by atoms with Crippen LogP contribution in [0.15, 0.2) is 126 Å². The Balaban J connectivity index is 1.46. The first kappa shape index (κ1) is 20.9. The first-order chi connectivity index (χ1) is 16.7. The van der Waals surface area contributed by atoms with Gasteiger partial charge in [0.1, 0.15) is 0 Å². The van der Waals surface area contributed by atoms with Crippen LogP contribution in [0.3, 0.4) is 0 Å². The lowest BCUT2D eigenvalue weighted by Crippen LogP contribution is -2.29. The van der Waals surface area contributed by atoms with Crippen molar-refractivity contribution in [1.29, 1.82) is 0 Å². The number of aliphatic imine (C=N–C) groups is 1. The van der Waals surface area contributed by atoms with Crippen LogP contribution in [-0.4, -0.2) is 22.7 Å². The Morgan fingerprint density at radius 2 is 1.15 bits per heavy atom. The second-order valence-electron chi connectivity index (χ2n) is 8.69. The van der Waals surface area contributed by atoms with Crippen molar-refractivity contribution in [1.82, 2.24) is 0 Å². The van der Waals surface area contributed by atoms with Crippen molar-refractivity contribution >= 4 is 23.6 Å². The molecule has 4 heteroatoms. The predicted molar refractivity (Wildman–Crippen MR) is 137 cm³/mol. The van der Waals surface area contributed by atoms with Gasteiger partial charge in [0.15, 0.2) is 5.54 Å². The van der Waals surface area contributed by atoms with Gasteiger partial charge in [-0.15, -0.1) is 11.8 Å². The zero-order chi connectivity index (χ0) is 23.0. The predicted octanol–water partition coefficient (Wildman–Crippen LogP) is 6.23. The summed E-state index contributed by atoms with van der Waals surface area (Å²) in [6.07, 6.45) is 0.668. The lowest BCUT2D eigenvalue weighted by atomic mass is 9.84. The van der Waals surface area contributed by atoms with Crippen molar-refractivity contribution in [2.24, 2.45) is 4.99 Å². The standard InChI is InChI=1S/C30H23NO2S/c32-28-29(31-27(33-28)22-13-5-1-6-14-22)21-26(29)34-30(23-15-7-2-8-16-23,24-17-9-3-10-18-24)25-19-11-4-12-20-25/h1-20,26H,21H2/t26-,29+/m0/s1. The van der Waals surface area contributed by atoms with Gasteiger partial charge in [-0.1, -0.05) is 109 Å². The molecule has 3 nitrogen and oxygen atoms in total. The summed E-state index contributed by atoms with van der Waals surface area (Å²) in [5.41, 5.74) is 3.55. The van der Waals surface area contributed by atoms with E-state index in [1.807, 2.05) is 48.5 Å². The Hall–Kier alpha value is -3.63. The Morgan fingerprint density at radius 1 is 0.706 bits per heavy atom. The molecule has 4 aromatic carbocycles. The summed E-state index contributed by atoms with van der Waals surface area (Å²) in [5, 5.41) is 0.00170. The second-order valence-corrected chi connectivity index (χ2v) is 10.1. The highest BCUT2D eigenvalue weighted by molar-refractivity contribution is 8.01. The first-order valence-electron chi connectivity index (χ1n) is 11.4. The smallest absolute Gasteiger partial charge is 0.342 e. The molecule has 2 atom stereocenters. The summed E-state index contributed by atoms with van der Waals surface area (Å²) >= 11 is 1.81. The topological polar surface area (TPSA) is 38.7 Å². The number of benzene rings is 4. The van der Waals surface area contributed by atoms with Crippen LogP contribution in [0.2, 0.25) is 0 Å². The van der Waals surface area contributed by atoms with E-state index in [4.69, 9.17) is 9.73 Å². The maximum Gasteiger partial charge on any atom is 0.342 e. The normalized spacial score (nSPS) is 21.2. The van der Waals surface area contributed by atoms with Gasteiger partial charge in [0, 0.05) is 10.8 Å². The van der Waals surface area contributed by atoms with E-state index < -0.39 is 10.3 Å². The highest BCUT2D eigenvalue weighted by Crippen LogP contribution is 2.61. The Bertz CT molecular complexity index is 1240. The molecule has 1 heterocycles. The number of carbonyl (C=O) groups excluding carboxylic acids is 1. The minimum Gasteiger partial charge on any atom is -0.405 e. The molecule has 34 heavy (non-hydrogen) atoms. The number of rotatable bonds is 6. The largest absolute Gasteiger partial charge is 0.405 e. The maximum atomic E-state index is 13.1. The molecule has 1 saturated carbocycles. The average Bonchev–Trinajstić information content (AvgIpc) is 3.50. The van der Waals surface area contributed by atoms with Crippen molar-refractivity contribution in [3.63, 3.8) is 0 Å². The minimum absolute atomic E-state index is 0.00170. The van der Waals surface area contributed by atoms with Crippen molar-refractivity contribution in [3.8, 4) is 0 Å². The summed E-state index contributed by atoms with van der Waals surface area (Å²) in [5.74, 6) is 0.186. The molecule has 1 aliphatic heterocycles. The van der Waals surface area contributed by atoms with Gasteiger partial charge in [-0.2, -0.15) is 0 Å². The quantitative estimate of drug-likeness (QED) is 0.252. The summed E-state index contributed by atoms with van der Waals surface area (Å²) in [6.45, 7) is 0. The molecule has 4 aromatic rings. The lowest BCUT2D eigenvalue weighted by molar-refractivity contribution is -0.135. The molecular weight excluding hydrogens is 438 g/mol. The monoisotopic (exact) mass is 461 g/mol. The van der Waals surface area contributed by atoms with Gasteiger partial charge in [-0.05, 0) is 35.2 Å². The Morgan fingerprint density at radius 3 is 1.62 bits per heavy atom. The minimum atomic E-state index is -0.820. The van der Waals surface area contributed by atoms with Crippen LogP contribution in [0.5, 0.6) is 0 Å². The third-order valence-corrected chi connectivity index (χ3v) is 8.50. The molecule has 166 valence electrons. The molecule has 1 spiro atoms. The molecule has 0 N–H and O–H groups in total. The number of hydrogen-bond acceptors (Lipinski definition) is 4. The molecule has 2 aliphatic rings. The lowest BCUT2D eigenvalue weighted by Gasteiger charge is -2.36. The van der Waals surface area contributed by atoms with Gasteiger partial charge in [0.05, 0.1) is 4.75 Å². The van der Waals surface area contributed by atoms with E-state index in [2.05, 4.69) is 72.8 Å². The fourth-order valence-corrected chi connectivity index (χ4v) is 6.69. The van der Waals surface area contributed by atoms with Gasteiger partial charge < -0.3 is 4.74 Å². The number of carbonyl (C=O) groups is 1. The van der Waals surface area contributed by atoms with Crippen LogP contribution in [0.4, 0.5) is 0 Å². The van der Waals surface area contributed by atoms with Gasteiger partial charge in [-0.25, -0.2) is 9.79 Å². The van der Waals surface area contributed by atoms with E-state index in [1.165, 1.54) is 16.7 Å². The molecule has 0 saturated heterocycles.